The van der Waals surface area contributed by atoms with E-state index in [-0.39, 0.29) is 0 Å². The average Bonchev–Trinajstić information content (AvgIpc) is 1.50. The first-order chi connectivity index (χ1) is 57.3. The van der Waals surface area contributed by atoms with Gasteiger partial charge in [-0.15, -0.1) is 0 Å². The molecule has 0 bridgehead atoms. The Morgan fingerprint density at radius 2 is 0.483 bits per heavy atom. The van der Waals surface area contributed by atoms with Crippen LogP contribution in [-0.2, 0) is 10.8 Å². The third kappa shape index (κ3) is 10.9. The van der Waals surface area contributed by atoms with Crippen molar-refractivity contribution in [2.45, 2.75) is 10.8 Å². The van der Waals surface area contributed by atoms with Gasteiger partial charge in [-0.05, 0) is 203 Å². The van der Waals surface area contributed by atoms with Crippen LogP contribution in [0, 0.1) is 22.7 Å². The summed E-state index contributed by atoms with van der Waals surface area (Å²) in [5.41, 5.74) is 32.7. The molecule has 0 saturated heterocycles. The number of rotatable bonds is 11. The van der Waals surface area contributed by atoms with Crippen molar-refractivity contribution in [1.29, 1.82) is 10.5 Å². The Morgan fingerprint density at radius 1 is 0.190 bits per heavy atom. The number of benzene rings is 16. The third-order valence-corrected chi connectivity index (χ3v) is 23.7. The lowest BCUT2D eigenvalue weighted by Gasteiger charge is -2.39. The second kappa shape index (κ2) is 27.0. The van der Waals surface area contributed by atoms with Crippen LogP contribution in [0.2, 0.25) is 0 Å². The number of nitriles is 2. The summed E-state index contributed by atoms with van der Waals surface area (Å²) >= 11 is 0. The van der Waals surface area contributed by atoms with E-state index in [0.717, 1.165) is 168 Å². The number of hydrogen-bond acceptors (Lipinski definition) is 8. The minimum absolute atomic E-state index is 0.614. The van der Waals surface area contributed by atoms with Crippen LogP contribution in [0.1, 0.15) is 55.6 Å². The Kier molecular flexibility index (Phi) is 15.7. The standard InChI is InChI=1S/C108H64N6O2/c109-65-67-19-15-25-75(55-67)81-48-52-86-85-31-7-8-32-89(85)107(93(86)60-81)90-33-9-12-36-101(90)116-104-54-50-83(62-96(104)107)100-64-99(111-105(114-100)74-23-5-2-6-24-74)73-43-39-69(40-44-73)77-27-17-28-78(57-77)79-29-18-30-84(58-79)106-112-97(71-21-3-1-4-22-71)63-98(113-106)72-45-41-70(42-46-72)80-47-51-87-88-53-49-82(76-26-16-20-68(56-76)66-110)61-95(88)108(94(87)59-80)91-34-10-13-37-102(91)115-103-38-14-11-35-92(103)108/h1-64H. The SMILES string of the molecule is N#Cc1cccc(-c2ccc3c(c2)C2(c4ccccc4Oc4ccc(-c5cc(-c6ccc(-c7cccc(-c8cccc(-c9nc(-c%10ccccc%10)cc(-c%10ccc(-c%11ccc%12c(c%11)C%11(c%13ccccc%13Oc%13ccccc%13%11)c%11cc(-c%13cccc(C#N)c%13)ccc%11-%12)cc%10)n9)c8)c7)cc6)nc(-c6ccccc6)n5)cc42)c2ccccc2-3)c1. The van der Waals surface area contributed by atoms with E-state index < -0.39 is 10.8 Å². The molecular weight excluding hydrogens is 1410 g/mol. The van der Waals surface area contributed by atoms with Gasteiger partial charge < -0.3 is 9.47 Å². The van der Waals surface area contributed by atoms with Crippen LogP contribution >= 0.6 is 0 Å². The number of aromatic nitrogens is 4. The Balaban J connectivity index is 0.584. The highest BCUT2D eigenvalue weighted by atomic mass is 16.5. The van der Waals surface area contributed by atoms with Gasteiger partial charge in [0.25, 0.3) is 0 Å². The van der Waals surface area contributed by atoms with Gasteiger partial charge in [0.2, 0.25) is 0 Å². The van der Waals surface area contributed by atoms with E-state index in [1.807, 2.05) is 78.9 Å². The van der Waals surface area contributed by atoms with E-state index in [4.69, 9.17) is 29.4 Å². The van der Waals surface area contributed by atoms with Crippen LogP contribution in [0.15, 0.2) is 388 Å². The van der Waals surface area contributed by atoms with Crippen molar-refractivity contribution in [2.75, 3.05) is 0 Å². The van der Waals surface area contributed by atoms with Crippen LogP contribution in [0.5, 0.6) is 23.0 Å². The molecule has 1 unspecified atom stereocenters. The van der Waals surface area contributed by atoms with Gasteiger partial charge in [0, 0.05) is 55.6 Å². The third-order valence-electron chi connectivity index (χ3n) is 23.7. The smallest absolute Gasteiger partial charge is 0.160 e. The molecule has 0 saturated carbocycles. The first-order valence-electron chi connectivity index (χ1n) is 39.0. The maximum Gasteiger partial charge on any atom is 0.160 e. The van der Waals surface area contributed by atoms with Crippen LogP contribution in [-0.4, -0.2) is 19.9 Å². The Hall–Kier alpha value is -15.7. The molecule has 16 aromatic carbocycles. The fourth-order valence-electron chi connectivity index (χ4n) is 18.4. The molecule has 2 spiro atoms. The van der Waals surface area contributed by atoms with Gasteiger partial charge in [0.1, 0.15) is 23.0 Å². The van der Waals surface area contributed by atoms with E-state index in [9.17, 15) is 10.5 Å². The lowest BCUT2D eigenvalue weighted by Crippen LogP contribution is -2.32. The fraction of sp³-hybridized carbons (Fsp3) is 0.0185. The zero-order valence-electron chi connectivity index (χ0n) is 62.5. The number of para-hydroxylation sites is 3. The minimum atomic E-state index is -0.764. The lowest BCUT2D eigenvalue weighted by molar-refractivity contribution is 0.436. The van der Waals surface area contributed by atoms with E-state index in [2.05, 4.69) is 322 Å². The number of ether oxygens (including phenoxy) is 2. The highest BCUT2D eigenvalue weighted by molar-refractivity contribution is 5.95. The molecular formula is C108H64N6O2. The fourth-order valence-corrected chi connectivity index (χ4v) is 18.4. The maximum absolute atomic E-state index is 9.98. The highest BCUT2D eigenvalue weighted by Gasteiger charge is 2.53. The molecule has 4 aliphatic rings. The summed E-state index contributed by atoms with van der Waals surface area (Å²) in [5, 5.41) is 19.9. The molecule has 22 rings (SSSR count). The number of nitrogens with zero attached hydrogens (tertiary/aromatic N) is 6. The number of fused-ring (bicyclic) bond motifs is 18. The first kappa shape index (κ1) is 67.2. The summed E-state index contributed by atoms with van der Waals surface area (Å²) in [6.07, 6.45) is 0. The van der Waals surface area contributed by atoms with Crippen molar-refractivity contribution >= 4 is 0 Å². The van der Waals surface area contributed by atoms with Gasteiger partial charge in [-0.1, -0.05) is 285 Å². The summed E-state index contributed by atoms with van der Waals surface area (Å²) in [6, 6.07) is 141. The quantitative estimate of drug-likeness (QED) is 0.126. The molecule has 116 heavy (non-hydrogen) atoms. The normalized spacial score (nSPS) is 13.7. The average molecular weight is 1480 g/mol. The Morgan fingerprint density at radius 3 is 0.966 bits per heavy atom. The maximum atomic E-state index is 9.98. The first-order valence-corrected chi connectivity index (χ1v) is 39.0. The zero-order chi connectivity index (χ0) is 77.0. The zero-order valence-corrected chi connectivity index (χ0v) is 62.5. The van der Waals surface area contributed by atoms with Crippen molar-refractivity contribution in [1.82, 2.24) is 19.9 Å². The molecule has 2 aliphatic heterocycles. The lowest BCUT2D eigenvalue weighted by atomic mass is 9.65. The van der Waals surface area contributed by atoms with E-state index in [1.54, 1.807) is 0 Å². The van der Waals surface area contributed by atoms with Crippen molar-refractivity contribution in [3.63, 3.8) is 0 Å². The molecule has 0 amide bonds. The van der Waals surface area contributed by atoms with Gasteiger partial charge >= 0.3 is 0 Å². The summed E-state index contributed by atoms with van der Waals surface area (Å²) in [4.78, 5) is 21.4. The molecule has 8 heteroatoms. The number of hydrogen-bond donors (Lipinski definition) is 0. The van der Waals surface area contributed by atoms with Gasteiger partial charge in [-0.2, -0.15) is 10.5 Å². The monoisotopic (exact) mass is 1480 g/mol. The molecule has 0 radical (unpaired) electrons. The second-order valence-electron chi connectivity index (χ2n) is 30.1. The molecule has 18 aromatic rings. The molecule has 4 heterocycles. The molecule has 2 aliphatic carbocycles. The Bertz CT molecular complexity index is 7140. The Labute approximate surface area is 671 Å². The van der Waals surface area contributed by atoms with Crippen LogP contribution < -0.4 is 9.47 Å². The molecule has 2 aromatic heterocycles. The molecule has 1 atom stereocenters. The van der Waals surface area contributed by atoms with Gasteiger partial charge in [-0.3, -0.25) is 0 Å². The van der Waals surface area contributed by atoms with Gasteiger partial charge in [-0.25, -0.2) is 19.9 Å². The predicted octanol–water partition coefficient (Wildman–Crippen LogP) is 26.3. The predicted molar refractivity (Wildman–Crippen MR) is 462 cm³/mol. The van der Waals surface area contributed by atoms with E-state index >= 15 is 0 Å². The topological polar surface area (TPSA) is 118 Å². The van der Waals surface area contributed by atoms with Gasteiger partial charge in [0.15, 0.2) is 11.6 Å². The van der Waals surface area contributed by atoms with Crippen molar-refractivity contribution in [2.24, 2.45) is 0 Å². The summed E-state index contributed by atoms with van der Waals surface area (Å²) in [6.45, 7) is 0. The van der Waals surface area contributed by atoms with Crippen LogP contribution in [0.25, 0.3) is 146 Å². The van der Waals surface area contributed by atoms with Crippen molar-refractivity contribution < 1.29 is 9.47 Å². The second-order valence-corrected chi connectivity index (χ2v) is 30.1. The van der Waals surface area contributed by atoms with E-state index in [0.29, 0.717) is 22.8 Å². The summed E-state index contributed by atoms with van der Waals surface area (Å²) < 4.78 is 13.7. The van der Waals surface area contributed by atoms with Crippen LogP contribution in [0.3, 0.4) is 0 Å². The minimum Gasteiger partial charge on any atom is -0.457 e. The molecule has 8 nitrogen and oxygen atoms in total. The molecule has 538 valence electrons. The summed E-state index contributed by atoms with van der Waals surface area (Å²) in [7, 11) is 0. The van der Waals surface area contributed by atoms with Crippen LogP contribution in [0.4, 0.5) is 0 Å². The van der Waals surface area contributed by atoms with E-state index in [1.165, 1.54) is 33.4 Å². The summed E-state index contributed by atoms with van der Waals surface area (Å²) in [5.74, 6) is 4.47. The van der Waals surface area contributed by atoms with Crippen molar-refractivity contribution in [3.05, 3.63) is 444 Å². The highest BCUT2D eigenvalue weighted by Crippen LogP contribution is 2.65. The molecule has 0 fully saturated rings. The molecule has 0 N–H and O–H groups in total. The largest absolute Gasteiger partial charge is 0.457 e. The van der Waals surface area contributed by atoms with Crippen molar-refractivity contribution in [3.8, 4) is 181 Å². The van der Waals surface area contributed by atoms with Gasteiger partial charge in [0.05, 0.1) is 56.9 Å².